The van der Waals surface area contributed by atoms with Crippen molar-refractivity contribution in [2.75, 3.05) is 5.32 Å². The zero-order chi connectivity index (χ0) is 19.2. The Balaban J connectivity index is 2.07. The second-order valence-corrected chi connectivity index (χ2v) is 6.93. The van der Waals surface area contributed by atoms with Crippen LogP contribution in [0.15, 0.2) is 65.2 Å². The van der Waals surface area contributed by atoms with Crippen molar-refractivity contribution in [2.24, 2.45) is 0 Å². The lowest BCUT2D eigenvalue weighted by Gasteiger charge is -2.07. The summed E-state index contributed by atoms with van der Waals surface area (Å²) in [4.78, 5) is 11.8. The molecule has 0 aliphatic carbocycles. The number of hydrogen-bond donors (Lipinski definition) is 3. The molecule has 0 aliphatic heterocycles. The van der Waals surface area contributed by atoms with Crippen LogP contribution in [0.5, 0.6) is 0 Å². The van der Waals surface area contributed by atoms with E-state index in [4.69, 9.17) is 21.4 Å². The van der Waals surface area contributed by atoms with Gasteiger partial charge in [0.05, 0.1) is 4.90 Å². The summed E-state index contributed by atoms with van der Waals surface area (Å²) in [6.45, 7) is 0.316. The molecule has 0 heterocycles. The molecule has 26 heavy (non-hydrogen) atoms. The van der Waals surface area contributed by atoms with Crippen LogP contribution in [0.4, 0.5) is 5.69 Å². The molecule has 3 N–H and O–H groups in total. The highest BCUT2D eigenvalue weighted by Gasteiger charge is 2.13. The Kier molecular flexibility index (Phi) is 6.36. The predicted octanol–water partition coefficient (Wildman–Crippen LogP) is 2.72. The number of benzene rings is 2. The third-order valence-electron chi connectivity index (χ3n) is 3.25. The van der Waals surface area contributed by atoms with E-state index >= 15 is 0 Å². The van der Waals surface area contributed by atoms with E-state index in [-0.39, 0.29) is 16.2 Å². The predicted molar refractivity (Wildman–Crippen MR) is 96.9 cm³/mol. The first kappa shape index (κ1) is 19.5. The van der Waals surface area contributed by atoms with Crippen molar-refractivity contribution in [1.82, 2.24) is 5.32 Å². The molecule has 0 aliphatic rings. The zero-order valence-electron chi connectivity index (χ0n) is 13.3. The van der Waals surface area contributed by atoms with Gasteiger partial charge in [0.25, 0.3) is 16.0 Å². The van der Waals surface area contributed by atoms with E-state index in [1.807, 2.05) is 6.07 Å². The monoisotopic (exact) mass is 391 g/mol. The minimum Gasteiger partial charge on any atom is -0.386 e. The number of hydrogen-bond acceptors (Lipinski definition) is 5. The summed E-state index contributed by atoms with van der Waals surface area (Å²) in [7, 11) is -4.39. The normalized spacial score (nSPS) is 11.5. The Hall–Kier alpha value is -2.86. The number of nitrogens with zero attached hydrogens (tertiary/aromatic N) is 1. The molecule has 0 unspecified atom stereocenters. The fraction of sp³-hybridized carbons (Fsp3) is 0.0588. The summed E-state index contributed by atoms with van der Waals surface area (Å²) in [5, 5.41) is 14.9. The standard InChI is InChI=1S/C17H14ClN3O4S/c18-16-7-2-1-4-12(16)10-20-11-13(9-19)17(22)21-14-5-3-6-15(8-14)26(23,24)25/h1-8,11,20H,10H2,(H,21,22)(H,23,24,25)/b13-11-. The van der Waals surface area contributed by atoms with Crippen molar-refractivity contribution in [3.8, 4) is 6.07 Å². The average Bonchev–Trinajstić information content (AvgIpc) is 2.59. The smallest absolute Gasteiger partial charge is 0.294 e. The van der Waals surface area contributed by atoms with Crippen molar-refractivity contribution >= 4 is 33.3 Å². The fourth-order valence-corrected chi connectivity index (χ4v) is 2.72. The van der Waals surface area contributed by atoms with E-state index in [9.17, 15) is 13.2 Å². The molecule has 7 nitrogen and oxygen atoms in total. The van der Waals surface area contributed by atoms with Gasteiger partial charge in [0.15, 0.2) is 0 Å². The molecule has 0 bridgehead atoms. The summed E-state index contributed by atoms with van der Waals surface area (Å²) in [6.07, 6.45) is 1.24. The summed E-state index contributed by atoms with van der Waals surface area (Å²) >= 11 is 6.02. The number of nitrogens with one attached hydrogen (secondary N) is 2. The highest BCUT2D eigenvalue weighted by atomic mass is 35.5. The van der Waals surface area contributed by atoms with Crippen LogP contribution in [-0.2, 0) is 21.5 Å². The maximum Gasteiger partial charge on any atom is 0.294 e. The molecule has 9 heteroatoms. The number of rotatable bonds is 6. The molecule has 0 atom stereocenters. The summed E-state index contributed by atoms with van der Waals surface area (Å²) in [5.41, 5.74) is 0.704. The fourth-order valence-electron chi connectivity index (χ4n) is 1.99. The first-order valence-corrected chi connectivity index (χ1v) is 9.09. The van der Waals surface area contributed by atoms with E-state index in [1.165, 1.54) is 24.4 Å². The van der Waals surface area contributed by atoms with E-state index in [2.05, 4.69) is 10.6 Å². The van der Waals surface area contributed by atoms with Crippen molar-refractivity contribution in [2.45, 2.75) is 11.4 Å². The molecule has 0 saturated carbocycles. The number of anilines is 1. The van der Waals surface area contributed by atoms with Crippen molar-refractivity contribution in [3.63, 3.8) is 0 Å². The van der Waals surface area contributed by atoms with Crippen LogP contribution in [0.25, 0.3) is 0 Å². The Morgan fingerprint density at radius 2 is 1.96 bits per heavy atom. The van der Waals surface area contributed by atoms with Gasteiger partial charge in [-0.1, -0.05) is 35.9 Å². The first-order valence-electron chi connectivity index (χ1n) is 7.27. The number of carbonyl (C=O) groups excluding carboxylic acids is 1. The van der Waals surface area contributed by atoms with Gasteiger partial charge in [-0.3, -0.25) is 9.35 Å². The number of amides is 1. The van der Waals surface area contributed by atoms with Crippen LogP contribution < -0.4 is 10.6 Å². The summed E-state index contributed by atoms with van der Waals surface area (Å²) in [6, 6.07) is 13.9. The van der Waals surface area contributed by atoms with Crippen LogP contribution >= 0.6 is 11.6 Å². The van der Waals surface area contributed by atoms with E-state index < -0.39 is 16.0 Å². The highest BCUT2D eigenvalue weighted by Crippen LogP contribution is 2.16. The van der Waals surface area contributed by atoms with E-state index in [1.54, 1.807) is 24.3 Å². The van der Waals surface area contributed by atoms with Crippen molar-refractivity contribution in [3.05, 3.63) is 70.9 Å². The van der Waals surface area contributed by atoms with Crippen molar-refractivity contribution < 1.29 is 17.8 Å². The molecule has 0 aromatic heterocycles. The quantitative estimate of drug-likeness (QED) is 0.395. The molecule has 2 aromatic rings. The minimum atomic E-state index is -4.39. The van der Waals surface area contributed by atoms with Gasteiger partial charge >= 0.3 is 0 Å². The third kappa shape index (κ3) is 5.32. The maximum absolute atomic E-state index is 12.1. The van der Waals surface area contributed by atoms with Crippen molar-refractivity contribution in [1.29, 1.82) is 5.26 Å². The van der Waals surface area contributed by atoms with Crippen LogP contribution in [0, 0.1) is 11.3 Å². The topological polar surface area (TPSA) is 119 Å². The van der Waals surface area contributed by atoms with Gasteiger partial charge in [0.2, 0.25) is 0 Å². The lowest BCUT2D eigenvalue weighted by Crippen LogP contribution is -2.17. The molecule has 0 fully saturated rings. The molecule has 0 saturated heterocycles. The SMILES string of the molecule is N#C/C(=C/NCc1ccccc1Cl)C(=O)Nc1cccc(S(=O)(=O)O)c1. The van der Waals surface area contributed by atoms with Crippen LogP contribution in [0.1, 0.15) is 5.56 Å². The minimum absolute atomic E-state index is 0.123. The Labute approximate surface area is 155 Å². The largest absolute Gasteiger partial charge is 0.386 e. The second-order valence-electron chi connectivity index (χ2n) is 5.10. The molecule has 134 valence electrons. The number of halogens is 1. The number of carbonyl (C=O) groups is 1. The van der Waals surface area contributed by atoms with Crippen LogP contribution in [0.3, 0.4) is 0 Å². The molecule has 0 spiro atoms. The van der Waals surface area contributed by atoms with Gasteiger partial charge in [-0.2, -0.15) is 13.7 Å². The summed E-state index contributed by atoms with van der Waals surface area (Å²) in [5.74, 6) is -0.730. The molecule has 0 radical (unpaired) electrons. The van der Waals surface area contributed by atoms with E-state index in [0.29, 0.717) is 11.6 Å². The van der Waals surface area contributed by atoms with Crippen LogP contribution in [-0.4, -0.2) is 18.9 Å². The number of nitriles is 1. The third-order valence-corrected chi connectivity index (χ3v) is 4.47. The Morgan fingerprint density at radius 1 is 1.23 bits per heavy atom. The lowest BCUT2D eigenvalue weighted by atomic mass is 10.2. The Bertz CT molecular complexity index is 997. The van der Waals surface area contributed by atoms with Crippen LogP contribution in [0.2, 0.25) is 5.02 Å². The molecular weight excluding hydrogens is 378 g/mol. The van der Waals surface area contributed by atoms with Gasteiger partial charge in [-0.25, -0.2) is 0 Å². The average molecular weight is 392 g/mol. The zero-order valence-corrected chi connectivity index (χ0v) is 14.9. The van der Waals surface area contributed by atoms with Gasteiger partial charge in [-0.05, 0) is 29.8 Å². The molecular formula is C17H14ClN3O4S. The molecule has 2 aromatic carbocycles. The van der Waals surface area contributed by atoms with E-state index in [0.717, 1.165) is 11.6 Å². The van der Waals surface area contributed by atoms with Gasteiger partial charge < -0.3 is 10.6 Å². The lowest BCUT2D eigenvalue weighted by molar-refractivity contribution is -0.112. The molecule has 1 amide bonds. The first-order chi connectivity index (χ1) is 12.3. The highest BCUT2D eigenvalue weighted by molar-refractivity contribution is 7.85. The molecule has 2 rings (SSSR count). The maximum atomic E-state index is 12.1. The summed E-state index contributed by atoms with van der Waals surface area (Å²) < 4.78 is 31.3. The van der Waals surface area contributed by atoms with Gasteiger partial charge in [0.1, 0.15) is 11.6 Å². The van der Waals surface area contributed by atoms with Gasteiger partial charge in [-0.15, -0.1) is 0 Å². The van der Waals surface area contributed by atoms with Gasteiger partial charge in [0, 0.05) is 23.5 Å². The second kappa shape index (κ2) is 8.49. The Morgan fingerprint density at radius 3 is 2.62 bits per heavy atom.